The minimum absolute atomic E-state index is 0.237. The summed E-state index contributed by atoms with van der Waals surface area (Å²) in [4.78, 5) is 1.36. The topological polar surface area (TPSA) is 35.5 Å². The van der Waals surface area contributed by atoms with E-state index in [1.807, 2.05) is 76.2 Å². The van der Waals surface area contributed by atoms with Gasteiger partial charge in [0.15, 0.2) is 0 Å². The molecule has 0 aliphatic rings. The van der Waals surface area contributed by atoms with Gasteiger partial charge in [0.05, 0.1) is 10.8 Å². The molecule has 0 saturated carbocycles. The first-order valence-corrected chi connectivity index (χ1v) is 9.91. The third-order valence-corrected chi connectivity index (χ3v) is 4.82. The lowest BCUT2D eigenvalue weighted by molar-refractivity contribution is 0.131. The van der Waals surface area contributed by atoms with Crippen molar-refractivity contribution in [3.63, 3.8) is 0 Å². The van der Waals surface area contributed by atoms with Crippen LogP contribution >= 0.6 is 0 Å². The molecule has 2 aromatic rings. The second-order valence-electron chi connectivity index (χ2n) is 6.83. The maximum Gasteiger partial charge on any atom is 0.127 e. The molecule has 2 rings (SSSR count). The Labute approximate surface area is 164 Å². The Bertz CT molecular complexity index is 839. The zero-order chi connectivity index (χ0) is 19.9. The van der Waals surface area contributed by atoms with E-state index in [0.29, 0.717) is 21.3 Å². The molecule has 2 aromatic carbocycles. The van der Waals surface area contributed by atoms with E-state index in [1.54, 1.807) is 24.3 Å². The van der Waals surface area contributed by atoms with Gasteiger partial charge in [0.1, 0.15) is 22.8 Å². The van der Waals surface area contributed by atoms with Crippen LogP contribution in [0.25, 0.3) is 0 Å². The number of allylic oxidation sites excluding steroid dienone is 4. The summed E-state index contributed by atoms with van der Waals surface area (Å²) in [5, 5.41) is 0. The molecule has 0 aliphatic carbocycles. The first-order chi connectivity index (χ1) is 12.8. The SMILES string of the molecule is C=C/C(=C\C=C/C)S(=O)c1ccc(Oc2ccc(OC(C)(C)C)cc2)cc1. The highest BCUT2D eigenvalue weighted by Crippen LogP contribution is 2.27. The summed E-state index contributed by atoms with van der Waals surface area (Å²) in [6.45, 7) is 11.7. The zero-order valence-electron chi connectivity index (χ0n) is 16.3. The number of ether oxygens (including phenoxy) is 2. The molecule has 0 amide bonds. The monoisotopic (exact) mass is 382 g/mol. The van der Waals surface area contributed by atoms with Crippen LogP contribution in [0, 0.1) is 0 Å². The van der Waals surface area contributed by atoms with E-state index in [2.05, 4.69) is 6.58 Å². The lowest BCUT2D eigenvalue weighted by atomic mass is 10.2. The average molecular weight is 383 g/mol. The molecule has 0 fully saturated rings. The van der Waals surface area contributed by atoms with Crippen LogP contribution in [-0.4, -0.2) is 9.81 Å². The predicted octanol–water partition coefficient (Wildman–Crippen LogP) is 6.41. The second kappa shape index (κ2) is 9.38. The first-order valence-electron chi connectivity index (χ1n) is 8.76. The summed E-state index contributed by atoms with van der Waals surface area (Å²) in [5.41, 5.74) is -0.237. The quantitative estimate of drug-likeness (QED) is 0.519. The van der Waals surface area contributed by atoms with Crippen LogP contribution < -0.4 is 9.47 Å². The lowest BCUT2D eigenvalue weighted by Crippen LogP contribution is -2.22. The molecule has 0 aromatic heterocycles. The summed E-state index contributed by atoms with van der Waals surface area (Å²) in [5.74, 6) is 2.19. The molecule has 27 heavy (non-hydrogen) atoms. The van der Waals surface area contributed by atoms with Gasteiger partial charge >= 0.3 is 0 Å². The van der Waals surface area contributed by atoms with E-state index in [4.69, 9.17) is 9.47 Å². The van der Waals surface area contributed by atoms with Crippen LogP contribution in [0.4, 0.5) is 0 Å². The minimum Gasteiger partial charge on any atom is -0.488 e. The second-order valence-corrected chi connectivity index (χ2v) is 8.31. The van der Waals surface area contributed by atoms with Gasteiger partial charge in [0.25, 0.3) is 0 Å². The Kier molecular flexibility index (Phi) is 7.19. The minimum atomic E-state index is -1.27. The van der Waals surface area contributed by atoms with E-state index >= 15 is 0 Å². The van der Waals surface area contributed by atoms with E-state index in [1.165, 1.54) is 0 Å². The highest BCUT2D eigenvalue weighted by molar-refractivity contribution is 7.89. The molecule has 142 valence electrons. The van der Waals surface area contributed by atoms with Crippen LogP contribution in [0.2, 0.25) is 0 Å². The normalized spacial score (nSPS) is 13.4. The molecule has 0 N–H and O–H groups in total. The van der Waals surface area contributed by atoms with Crippen molar-refractivity contribution in [1.29, 1.82) is 0 Å². The van der Waals surface area contributed by atoms with Crippen LogP contribution in [0.5, 0.6) is 17.2 Å². The molecular weight excluding hydrogens is 356 g/mol. The summed E-state index contributed by atoms with van der Waals surface area (Å²) in [7, 11) is -1.27. The molecule has 0 spiro atoms. The Morgan fingerprint density at radius 2 is 1.48 bits per heavy atom. The molecule has 0 saturated heterocycles. The maximum absolute atomic E-state index is 12.6. The fraction of sp³-hybridized carbons (Fsp3) is 0.217. The molecule has 1 unspecified atom stereocenters. The van der Waals surface area contributed by atoms with E-state index in [0.717, 1.165) is 5.75 Å². The van der Waals surface area contributed by atoms with Gasteiger partial charge in [-0.1, -0.05) is 24.8 Å². The third kappa shape index (κ3) is 6.57. The van der Waals surface area contributed by atoms with Crippen LogP contribution in [-0.2, 0) is 10.8 Å². The van der Waals surface area contributed by atoms with Gasteiger partial charge in [0.2, 0.25) is 0 Å². The molecule has 0 bridgehead atoms. The van der Waals surface area contributed by atoms with Gasteiger partial charge in [-0.15, -0.1) is 0 Å². The standard InChI is InChI=1S/C23H26O3S/c1-6-8-9-21(7-2)27(24)22-16-14-19(15-17-22)25-18-10-12-20(13-11-18)26-23(3,4)5/h6-17H,2H2,1,3-5H3/b8-6-,21-9+. The Balaban J connectivity index is 2.07. The fourth-order valence-electron chi connectivity index (χ4n) is 2.23. The molecule has 0 aliphatic heterocycles. The molecule has 0 radical (unpaired) electrons. The summed E-state index contributed by atoms with van der Waals surface area (Å²) < 4.78 is 24.2. The maximum atomic E-state index is 12.6. The largest absolute Gasteiger partial charge is 0.488 e. The van der Waals surface area contributed by atoms with Crippen molar-refractivity contribution in [2.45, 2.75) is 38.2 Å². The number of rotatable bonds is 7. The van der Waals surface area contributed by atoms with Crippen molar-refractivity contribution in [2.75, 3.05) is 0 Å². The predicted molar refractivity (Wildman–Crippen MR) is 113 cm³/mol. The van der Waals surface area contributed by atoms with Gasteiger partial charge in [0, 0.05) is 9.80 Å². The van der Waals surface area contributed by atoms with Crippen molar-refractivity contribution in [1.82, 2.24) is 0 Å². The lowest BCUT2D eigenvalue weighted by Gasteiger charge is -2.21. The van der Waals surface area contributed by atoms with Crippen molar-refractivity contribution >= 4 is 10.8 Å². The molecule has 1 atom stereocenters. The fourth-order valence-corrected chi connectivity index (χ4v) is 3.24. The summed E-state index contributed by atoms with van der Waals surface area (Å²) >= 11 is 0. The average Bonchev–Trinajstić information content (AvgIpc) is 2.63. The van der Waals surface area contributed by atoms with Crippen LogP contribution in [0.3, 0.4) is 0 Å². The number of hydrogen-bond acceptors (Lipinski definition) is 3. The Morgan fingerprint density at radius 1 is 0.963 bits per heavy atom. The van der Waals surface area contributed by atoms with Crippen molar-refractivity contribution < 1.29 is 13.7 Å². The van der Waals surface area contributed by atoms with Gasteiger partial charge in [-0.2, -0.15) is 0 Å². The van der Waals surface area contributed by atoms with E-state index < -0.39 is 10.8 Å². The number of benzene rings is 2. The summed E-state index contributed by atoms with van der Waals surface area (Å²) in [6.07, 6.45) is 7.14. The smallest absolute Gasteiger partial charge is 0.127 e. The Hall–Kier alpha value is -2.59. The van der Waals surface area contributed by atoms with Crippen molar-refractivity contribution in [3.8, 4) is 17.2 Å². The van der Waals surface area contributed by atoms with Gasteiger partial charge in [-0.05, 0) is 82.3 Å². The molecular formula is C23H26O3S. The highest BCUT2D eigenvalue weighted by atomic mass is 32.2. The Morgan fingerprint density at radius 3 is 1.96 bits per heavy atom. The molecule has 3 nitrogen and oxygen atoms in total. The van der Waals surface area contributed by atoms with Crippen molar-refractivity contribution in [3.05, 3.63) is 84.3 Å². The van der Waals surface area contributed by atoms with Gasteiger partial charge in [-0.3, -0.25) is 0 Å². The molecule has 4 heteroatoms. The van der Waals surface area contributed by atoms with Crippen molar-refractivity contribution in [2.24, 2.45) is 0 Å². The highest BCUT2D eigenvalue weighted by Gasteiger charge is 2.12. The van der Waals surface area contributed by atoms with Crippen LogP contribution in [0.1, 0.15) is 27.7 Å². The van der Waals surface area contributed by atoms with Gasteiger partial charge < -0.3 is 9.47 Å². The van der Waals surface area contributed by atoms with Crippen LogP contribution in [0.15, 0.2) is 89.2 Å². The summed E-state index contributed by atoms with van der Waals surface area (Å²) in [6, 6.07) is 14.7. The molecule has 0 heterocycles. The van der Waals surface area contributed by atoms with E-state index in [-0.39, 0.29) is 5.60 Å². The number of hydrogen-bond donors (Lipinski definition) is 0. The third-order valence-electron chi connectivity index (χ3n) is 3.39. The van der Waals surface area contributed by atoms with E-state index in [9.17, 15) is 4.21 Å². The first kappa shape index (κ1) is 20.7. The van der Waals surface area contributed by atoms with Gasteiger partial charge in [-0.25, -0.2) is 4.21 Å². The zero-order valence-corrected chi connectivity index (χ0v) is 17.1.